The van der Waals surface area contributed by atoms with E-state index in [9.17, 15) is 5.53 Å². The first kappa shape index (κ1) is 31.8. The lowest BCUT2D eigenvalue weighted by Crippen LogP contribution is -2.03. The number of hydrogen-bond acceptors (Lipinski definition) is 0. The summed E-state index contributed by atoms with van der Waals surface area (Å²) in [5.74, 6) is 0. The number of unbranched alkanes of at least 4 members (excludes halogenated alkanes) is 9. The van der Waals surface area contributed by atoms with E-state index in [0.717, 1.165) is 61.0 Å². The Labute approximate surface area is 245 Å². The van der Waals surface area contributed by atoms with E-state index in [1.807, 2.05) is 0 Å². The second-order valence-corrected chi connectivity index (χ2v) is 11.6. The van der Waals surface area contributed by atoms with E-state index < -0.39 is 0 Å². The van der Waals surface area contributed by atoms with Gasteiger partial charge in [0.15, 0.2) is 0 Å². The molecule has 0 aliphatic carbocycles. The fraction of sp³-hybridized carbons (Fsp3) is 0.526. The van der Waals surface area contributed by atoms with Crippen molar-refractivity contribution in [3.05, 3.63) is 99.6 Å². The second kappa shape index (κ2) is 17.8. The van der Waals surface area contributed by atoms with Crippen molar-refractivity contribution >= 4 is 11.4 Å². The van der Waals surface area contributed by atoms with Crippen LogP contribution >= 0.6 is 0 Å². The van der Waals surface area contributed by atoms with E-state index in [1.165, 1.54) is 91.2 Å². The van der Waals surface area contributed by atoms with Crippen LogP contribution in [0.2, 0.25) is 0 Å². The summed E-state index contributed by atoms with van der Waals surface area (Å²) in [5.41, 5.74) is 21.2. The first-order valence-electron chi connectivity index (χ1n) is 16.5. The molecule has 2 heteroatoms. The van der Waals surface area contributed by atoms with Crippen molar-refractivity contribution in [2.45, 2.75) is 130 Å². The molecule has 2 aromatic carbocycles. The molecule has 1 heterocycles. The molecule has 0 fully saturated rings. The second-order valence-electron chi connectivity index (χ2n) is 11.6. The quantitative estimate of drug-likeness (QED) is 0.125. The summed E-state index contributed by atoms with van der Waals surface area (Å²) in [7, 11) is 0. The highest BCUT2D eigenvalue weighted by molar-refractivity contribution is 5.84. The van der Waals surface area contributed by atoms with Gasteiger partial charge >= 0.3 is 0 Å². The van der Waals surface area contributed by atoms with Crippen LogP contribution in [-0.2, 0) is 12.8 Å². The highest BCUT2D eigenvalue weighted by Crippen LogP contribution is 2.43. The summed E-state index contributed by atoms with van der Waals surface area (Å²) in [6.07, 6.45) is 23.8. The Morgan fingerprint density at radius 2 is 1.25 bits per heavy atom. The van der Waals surface area contributed by atoms with Crippen molar-refractivity contribution in [2.24, 2.45) is 0 Å². The van der Waals surface area contributed by atoms with Gasteiger partial charge in [0.25, 0.3) is 0 Å². The van der Waals surface area contributed by atoms with Gasteiger partial charge in [-0.15, -0.1) is 0 Å². The fourth-order valence-electron chi connectivity index (χ4n) is 5.72. The zero-order valence-electron chi connectivity index (χ0n) is 26.0. The van der Waals surface area contributed by atoms with Gasteiger partial charge in [-0.25, -0.2) is 4.70 Å². The molecule has 40 heavy (non-hydrogen) atoms. The number of aryl methyl sites for hydroxylation is 2. The standard InChI is InChI=1S/C38H54N2/c1-5-9-13-14-15-16-18-25-36-35(24-12-8-4)38(34-23-19-22-32(30-34)20-11-7-3)40(39)37(36)33-28-26-31(27-29-33)21-17-10-6-2/h18-19,22-23,25-30H,5-17,20-21,24H2,1-4H3. The monoisotopic (exact) mass is 538 g/mol. The molecule has 2 nitrogen and oxygen atoms in total. The smallest absolute Gasteiger partial charge is 0.215 e. The van der Waals surface area contributed by atoms with Gasteiger partial charge in [0.1, 0.15) is 0 Å². The lowest BCUT2D eigenvalue weighted by atomic mass is 9.94. The molecule has 0 aromatic heterocycles. The molecule has 0 saturated heterocycles. The third-order valence-corrected chi connectivity index (χ3v) is 8.14. The van der Waals surface area contributed by atoms with Crippen molar-refractivity contribution in [3.63, 3.8) is 0 Å². The van der Waals surface area contributed by atoms with Crippen LogP contribution in [0.4, 0.5) is 0 Å². The van der Waals surface area contributed by atoms with E-state index in [2.05, 4.69) is 88.4 Å². The van der Waals surface area contributed by atoms with Gasteiger partial charge in [-0.3, -0.25) is 0 Å². The summed E-state index contributed by atoms with van der Waals surface area (Å²) in [6.45, 7) is 9.03. The van der Waals surface area contributed by atoms with E-state index in [-0.39, 0.29) is 0 Å². The van der Waals surface area contributed by atoms with Crippen LogP contribution in [0.15, 0.2) is 71.8 Å². The Hall–Kier alpha value is -2.74. The molecule has 216 valence electrons. The molecule has 1 aliphatic heterocycles. The predicted octanol–water partition coefficient (Wildman–Crippen LogP) is 12.0. The molecule has 0 saturated carbocycles. The van der Waals surface area contributed by atoms with Crippen molar-refractivity contribution in [2.75, 3.05) is 0 Å². The minimum absolute atomic E-state index is 0.933. The fourth-order valence-corrected chi connectivity index (χ4v) is 5.72. The molecule has 0 amide bonds. The minimum atomic E-state index is 0.933. The zero-order chi connectivity index (χ0) is 28.6. The van der Waals surface area contributed by atoms with E-state index in [4.69, 9.17) is 0 Å². The largest absolute Gasteiger partial charge is 0.493 e. The Bertz CT molecular complexity index is 1150. The Kier molecular flexibility index (Phi) is 14.2. The molecule has 1 aliphatic rings. The van der Waals surface area contributed by atoms with Crippen LogP contribution in [0.25, 0.3) is 16.9 Å². The molecule has 0 unspecified atom stereocenters. The summed E-state index contributed by atoms with van der Waals surface area (Å²) in [4.78, 5) is 0. The van der Waals surface area contributed by atoms with Crippen molar-refractivity contribution in [1.29, 1.82) is 0 Å². The number of rotatable bonds is 19. The van der Waals surface area contributed by atoms with E-state index in [0.29, 0.717) is 0 Å². The Morgan fingerprint density at radius 3 is 1.98 bits per heavy atom. The average molecular weight is 539 g/mol. The SMILES string of the molecule is CCCCCCCC=CC1=C(c2ccc(CCCCC)cc2)[N+](=[N-])C(c2cccc(CCCC)c2)=C1CCCC. The lowest BCUT2D eigenvalue weighted by Gasteiger charge is -2.11. The van der Waals surface area contributed by atoms with Crippen LogP contribution in [0.1, 0.15) is 140 Å². The van der Waals surface area contributed by atoms with E-state index in [1.54, 1.807) is 0 Å². The van der Waals surface area contributed by atoms with Crippen LogP contribution in [0.5, 0.6) is 0 Å². The molecule has 0 spiro atoms. The van der Waals surface area contributed by atoms with Gasteiger partial charge in [0, 0.05) is 16.7 Å². The maximum absolute atomic E-state index is 11.9. The van der Waals surface area contributed by atoms with Crippen LogP contribution < -0.4 is 0 Å². The summed E-state index contributed by atoms with van der Waals surface area (Å²) in [5, 5.41) is 0. The lowest BCUT2D eigenvalue weighted by molar-refractivity contribution is -0.345. The third-order valence-electron chi connectivity index (χ3n) is 8.14. The number of allylic oxidation sites excluding steroid dienone is 4. The Morgan fingerprint density at radius 1 is 0.600 bits per heavy atom. The molecule has 0 radical (unpaired) electrons. The van der Waals surface area contributed by atoms with Gasteiger partial charge in [-0.1, -0.05) is 115 Å². The number of hydrogen-bond donors (Lipinski definition) is 0. The highest BCUT2D eigenvalue weighted by atomic mass is 15.2. The maximum Gasteiger partial charge on any atom is 0.215 e. The van der Waals surface area contributed by atoms with Crippen LogP contribution in [0.3, 0.4) is 0 Å². The molecular formula is C38H54N2. The average Bonchev–Trinajstić information content (AvgIpc) is 3.25. The first-order chi connectivity index (χ1) is 19.6. The highest BCUT2D eigenvalue weighted by Gasteiger charge is 2.34. The van der Waals surface area contributed by atoms with Gasteiger partial charge in [0.2, 0.25) is 11.4 Å². The van der Waals surface area contributed by atoms with Gasteiger partial charge in [-0.05, 0) is 86.8 Å². The minimum Gasteiger partial charge on any atom is -0.493 e. The topological polar surface area (TPSA) is 25.3 Å². The van der Waals surface area contributed by atoms with Crippen LogP contribution in [0, 0.1) is 0 Å². The number of benzene rings is 2. The van der Waals surface area contributed by atoms with Crippen LogP contribution in [-0.4, -0.2) is 4.70 Å². The molecule has 0 N–H and O–H groups in total. The predicted molar refractivity (Wildman–Crippen MR) is 174 cm³/mol. The summed E-state index contributed by atoms with van der Waals surface area (Å²) < 4.78 is 1.51. The zero-order valence-corrected chi connectivity index (χ0v) is 26.0. The van der Waals surface area contributed by atoms with Gasteiger partial charge in [0.05, 0.1) is 5.57 Å². The summed E-state index contributed by atoms with van der Waals surface area (Å²) in [6, 6.07) is 17.8. The molecule has 0 bridgehead atoms. The third kappa shape index (κ3) is 9.15. The van der Waals surface area contributed by atoms with E-state index >= 15 is 0 Å². The van der Waals surface area contributed by atoms with Crippen molar-refractivity contribution in [1.82, 2.24) is 0 Å². The number of nitrogens with zero attached hydrogens (tertiary/aromatic N) is 2. The molecule has 2 aromatic rings. The summed E-state index contributed by atoms with van der Waals surface area (Å²) >= 11 is 0. The van der Waals surface area contributed by atoms with Gasteiger partial charge in [-0.2, -0.15) is 0 Å². The molecule has 0 atom stereocenters. The van der Waals surface area contributed by atoms with Crippen molar-refractivity contribution in [3.8, 4) is 0 Å². The van der Waals surface area contributed by atoms with Crippen molar-refractivity contribution < 1.29 is 4.70 Å². The first-order valence-corrected chi connectivity index (χ1v) is 16.5. The molecular weight excluding hydrogens is 484 g/mol. The normalized spacial score (nSPS) is 13.8. The van der Waals surface area contributed by atoms with Gasteiger partial charge < -0.3 is 5.53 Å². The maximum atomic E-state index is 11.9. The molecule has 3 rings (SSSR count). The Balaban J connectivity index is 2.00.